The summed E-state index contributed by atoms with van der Waals surface area (Å²) in [6.07, 6.45) is 1.17. The summed E-state index contributed by atoms with van der Waals surface area (Å²) in [5, 5.41) is 19.3. The highest BCUT2D eigenvalue weighted by Crippen LogP contribution is 2.28. The van der Waals surface area contributed by atoms with Gasteiger partial charge >= 0.3 is 5.97 Å². The summed E-state index contributed by atoms with van der Waals surface area (Å²) in [7, 11) is 0. The van der Waals surface area contributed by atoms with E-state index in [1.807, 2.05) is 0 Å². The van der Waals surface area contributed by atoms with E-state index in [0.29, 0.717) is 19.4 Å². The second-order valence-corrected chi connectivity index (χ2v) is 6.45. The van der Waals surface area contributed by atoms with Gasteiger partial charge in [0, 0.05) is 23.6 Å². The van der Waals surface area contributed by atoms with Gasteiger partial charge in [0.2, 0.25) is 5.91 Å². The van der Waals surface area contributed by atoms with Crippen molar-refractivity contribution < 1.29 is 19.6 Å². The molecular formula is C14H16N2O5S. The van der Waals surface area contributed by atoms with Crippen molar-refractivity contribution in [2.45, 2.75) is 36.0 Å². The Kier molecular flexibility index (Phi) is 5.02. The van der Waals surface area contributed by atoms with Gasteiger partial charge in [0.05, 0.1) is 10.2 Å². The van der Waals surface area contributed by atoms with Gasteiger partial charge < -0.3 is 10.0 Å². The van der Waals surface area contributed by atoms with Crippen molar-refractivity contribution >= 4 is 29.3 Å². The fraction of sp³-hybridized carbons (Fsp3) is 0.429. The predicted octanol–water partition coefficient (Wildman–Crippen LogP) is 2.15. The second kappa shape index (κ2) is 6.78. The van der Waals surface area contributed by atoms with Crippen molar-refractivity contribution in [2.75, 3.05) is 6.54 Å². The normalized spacial score (nSPS) is 19.0. The van der Waals surface area contributed by atoms with E-state index >= 15 is 0 Å². The monoisotopic (exact) mass is 324 g/mol. The third-order valence-electron chi connectivity index (χ3n) is 3.53. The van der Waals surface area contributed by atoms with Gasteiger partial charge in [0.1, 0.15) is 6.04 Å². The molecule has 0 aliphatic carbocycles. The molecule has 0 radical (unpaired) electrons. The number of carboxylic acid groups (broad SMARTS) is 1. The number of hydrogen-bond acceptors (Lipinski definition) is 5. The van der Waals surface area contributed by atoms with E-state index in [1.54, 1.807) is 19.1 Å². The Morgan fingerprint density at radius 3 is 2.59 bits per heavy atom. The SMILES string of the molecule is CC(Sc1ccc([N+](=O)[O-])cc1)C(=O)N1CCC[C@H]1C(=O)O. The molecule has 1 aliphatic heterocycles. The molecule has 22 heavy (non-hydrogen) atoms. The van der Waals surface area contributed by atoms with Crippen molar-refractivity contribution in [3.8, 4) is 0 Å². The van der Waals surface area contributed by atoms with Gasteiger partial charge in [0.15, 0.2) is 0 Å². The number of carbonyl (C=O) groups excluding carboxylic acids is 1. The minimum absolute atomic E-state index is 0.00573. The first kappa shape index (κ1) is 16.3. The molecule has 1 saturated heterocycles. The summed E-state index contributed by atoms with van der Waals surface area (Å²) in [6, 6.07) is 5.20. The molecule has 2 rings (SSSR count). The number of benzene rings is 1. The summed E-state index contributed by atoms with van der Waals surface area (Å²) in [5.74, 6) is -1.19. The lowest BCUT2D eigenvalue weighted by molar-refractivity contribution is -0.384. The average molecular weight is 324 g/mol. The van der Waals surface area contributed by atoms with Crippen LogP contribution >= 0.6 is 11.8 Å². The summed E-state index contributed by atoms with van der Waals surface area (Å²) in [5.41, 5.74) is -0.00573. The Hall–Kier alpha value is -2.09. The number of carbonyl (C=O) groups is 2. The fourth-order valence-electron chi connectivity index (χ4n) is 2.42. The third-order valence-corrected chi connectivity index (χ3v) is 4.63. The zero-order valence-electron chi connectivity index (χ0n) is 12.0. The molecule has 1 amide bonds. The maximum Gasteiger partial charge on any atom is 0.326 e. The maximum atomic E-state index is 12.4. The number of likely N-dealkylation sites (tertiary alicyclic amines) is 1. The van der Waals surface area contributed by atoms with E-state index in [1.165, 1.54) is 28.8 Å². The van der Waals surface area contributed by atoms with Crippen LogP contribution in [0.15, 0.2) is 29.2 Å². The number of nitrogens with zero attached hydrogens (tertiary/aromatic N) is 2. The Morgan fingerprint density at radius 2 is 2.05 bits per heavy atom. The number of amides is 1. The summed E-state index contributed by atoms with van der Waals surface area (Å²) in [4.78, 5) is 35.8. The van der Waals surface area contributed by atoms with Crippen molar-refractivity contribution in [2.24, 2.45) is 0 Å². The van der Waals surface area contributed by atoms with Gasteiger partial charge in [-0.15, -0.1) is 11.8 Å². The first-order chi connectivity index (χ1) is 10.4. The Labute approximate surface area is 131 Å². The van der Waals surface area contributed by atoms with Gasteiger partial charge in [-0.2, -0.15) is 0 Å². The lowest BCUT2D eigenvalue weighted by Crippen LogP contribution is -2.43. The average Bonchev–Trinajstić information content (AvgIpc) is 2.96. The summed E-state index contributed by atoms with van der Waals surface area (Å²) < 4.78 is 0. The molecule has 7 nitrogen and oxygen atoms in total. The highest BCUT2D eigenvalue weighted by atomic mass is 32.2. The Bertz CT molecular complexity index is 589. The van der Waals surface area contributed by atoms with Crippen LogP contribution in [0.3, 0.4) is 0 Å². The highest BCUT2D eigenvalue weighted by Gasteiger charge is 2.36. The van der Waals surface area contributed by atoms with Crippen LogP contribution in [-0.2, 0) is 9.59 Å². The van der Waals surface area contributed by atoms with E-state index in [9.17, 15) is 19.7 Å². The van der Waals surface area contributed by atoms with Gasteiger partial charge in [0.25, 0.3) is 5.69 Å². The number of hydrogen-bond donors (Lipinski definition) is 1. The molecule has 118 valence electrons. The minimum Gasteiger partial charge on any atom is -0.480 e. The molecule has 0 bridgehead atoms. The molecular weight excluding hydrogens is 308 g/mol. The number of nitro benzene ring substituents is 1. The highest BCUT2D eigenvalue weighted by molar-refractivity contribution is 8.00. The van der Waals surface area contributed by atoms with E-state index in [-0.39, 0.29) is 11.6 Å². The number of aliphatic carboxylic acids is 1. The van der Waals surface area contributed by atoms with E-state index < -0.39 is 22.2 Å². The van der Waals surface area contributed by atoms with Crippen LogP contribution in [0.1, 0.15) is 19.8 Å². The molecule has 1 aromatic carbocycles. The molecule has 0 spiro atoms. The molecule has 1 aromatic rings. The second-order valence-electron chi connectivity index (χ2n) is 5.04. The number of non-ortho nitro benzene ring substituents is 1. The number of nitro groups is 1. The zero-order chi connectivity index (χ0) is 16.3. The molecule has 0 aromatic heterocycles. The topological polar surface area (TPSA) is 101 Å². The van der Waals surface area contributed by atoms with Crippen LogP contribution in [0, 0.1) is 10.1 Å². The van der Waals surface area contributed by atoms with Crippen molar-refractivity contribution in [1.82, 2.24) is 4.90 Å². The van der Waals surface area contributed by atoms with Gasteiger partial charge in [-0.25, -0.2) is 4.79 Å². The lowest BCUT2D eigenvalue weighted by atomic mass is 10.2. The smallest absolute Gasteiger partial charge is 0.326 e. The Morgan fingerprint density at radius 1 is 1.41 bits per heavy atom. The first-order valence-corrected chi connectivity index (χ1v) is 7.72. The number of carboxylic acids is 1. The Balaban J connectivity index is 2.02. The van der Waals surface area contributed by atoms with Crippen LogP contribution in [0.25, 0.3) is 0 Å². The van der Waals surface area contributed by atoms with Crippen molar-refractivity contribution in [3.63, 3.8) is 0 Å². The van der Waals surface area contributed by atoms with Crippen molar-refractivity contribution in [1.29, 1.82) is 0 Å². The van der Waals surface area contributed by atoms with Crippen LogP contribution < -0.4 is 0 Å². The number of rotatable bonds is 5. The summed E-state index contributed by atoms with van der Waals surface area (Å²) >= 11 is 1.27. The first-order valence-electron chi connectivity index (χ1n) is 6.84. The van der Waals surface area contributed by atoms with Gasteiger partial charge in [-0.3, -0.25) is 14.9 Å². The van der Waals surface area contributed by atoms with E-state index in [0.717, 1.165) is 4.90 Å². The quantitative estimate of drug-likeness (QED) is 0.506. The fourth-order valence-corrected chi connectivity index (χ4v) is 3.36. The van der Waals surface area contributed by atoms with Crippen LogP contribution in [0.4, 0.5) is 5.69 Å². The molecule has 2 atom stereocenters. The van der Waals surface area contributed by atoms with Crippen LogP contribution in [-0.4, -0.2) is 44.6 Å². The third kappa shape index (κ3) is 3.56. The maximum absolute atomic E-state index is 12.4. The van der Waals surface area contributed by atoms with E-state index in [4.69, 9.17) is 5.11 Å². The molecule has 0 saturated carbocycles. The molecule has 1 fully saturated rings. The van der Waals surface area contributed by atoms with Gasteiger partial charge in [-0.1, -0.05) is 0 Å². The van der Waals surface area contributed by atoms with Crippen LogP contribution in [0.2, 0.25) is 0 Å². The molecule has 1 N–H and O–H groups in total. The summed E-state index contributed by atoms with van der Waals surface area (Å²) in [6.45, 7) is 2.17. The molecule has 1 aliphatic rings. The molecule has 8 heteroatoms. The van der Waals surface area contributed by atoms with Gasteiger partial charge in [-0.05, 0) is 31.9 Å². The van der Waals surface area contributed by atoms with Crippen LogP contribution in [0.5, 0.6) is 0 Å². The lowest BCUT2D eigenvalue weighted by Gasteiger charge is -2.24. The molecule has 1 heterocycles. The van der Waals surface area contributed by atoms with E-state index in [2.05, 4.69) is 0 Å². The predicted molar refractivity (Wildman–Crippen MR) is 80.8 cm³/mol. The standard InChI is InChI=1S/C14H16N2O5S/c1-9(13(17)15-8-2-3-12(15)14(18)19)22-11-6-4-10(5-7-11)16(20)21/h4-7,9,12H,2-3,8H2,1H3,(H,18,19)/t9?,12-/m0/s1. The number of thioether (sulfide) groups is 1. The molecule has 1 unspecified atom stereocenters. The zero-order valence-corrected chi connectivity index (χ0v) is 12.8. The largest absolute Gasteiger partial charge is 0.480 e. The van der Waals surface area contributed by atoms with Crippen molar-refractivity contribution in [3.05, 3.63) is 34.4 Å². The minimum atomic E-state index is -0.974.